The molecule has 3 heterocycles. The third kappa shape index (κ3) is 3.06. The van der Waals surface area contributed by atoms with E-state index in [1.807, 2.05) is 13.0 Å². The van der Waals surface area contributed by atoms with Gasteiger partial charge < -0.3 is 14.5 Å². The standard InChI is InChI=1S/C15H17N3O3S/c1-9-3-4-16-12(6-20-2)11(9)8-22-15-17-13-7-21-5-10(13)14(19)18-15/h3-4H,5-8H2,1-2H3,(H,17,18,19). The fraction of sp³-hybridized carbons (Fsp3) is 0.400. The van der Waals surface area contributed by atoms with Gasteiger partial charge in [-0.3, -0.25) is 9.78 Å². The van der Waals surface area contributed by atoms with Crippen LogP contribution in [0.15, 0.2) is 22.2 Å². The average molecular weight is 319 g/mol. The van der Waals surface area contributed by atoms with Crippen LogP contribution in [0.5, 0.6) is 0 Å². The van der Waals surface area contributed by atoms with Gasteiger partial charge >= 0.3 is 0 Å². The first-order valence-electron chi connectivity index (χ1n) is 6.94. The summed E-state index contributed by atoms with van der Waals surface area (Å²) in [4.78, 5) is 23.6. The number of hydrogen-bond donors (Lipinski definition) is 1. The molecule has 116 valence electrons. The lowest BCUT2D eigenvalue weighted by Gasteiger charge is -2.10. The second-order valence-electron chi connectivity index (χ2n) is 5.06. The van der Waals surface area contributed by atoms with Gasteiger partial charge in [-0.2, -0.15) is 0 Å². The van der Waals surface area contributed by atoms with E-state index in [-0.39, 0.29) is 5.56 Å². The fourth-order valence-electron chi connectivity index (χ4n) is 2.35. The number of thioether (sulfide) groups is 1. The number of methoxy groups -OCH3 is 1. The molecule has 1 N–H and O–H groups in total. The van der Waals surface area contributed by atoms with Gasteiger partial charge in [0.15, 0.2) is 5.16 Å². The molecule has 0 amide bonds. The van der Waals surface area contributed by atoms with E-state index in [0.717, 1.165) is 22.5 Å². The third-order valence-electron chi connectivity index (χ3n) is 3.58. The highest BCUT2D eigenvalue weighted by molar-refractivity contribution is 7.98. The number of rotatable bonds is 5. The Labute approximate surface area is 132 Å². The molecule has 22 heavy (non-hydrogen) atoms. The van der Waals surface area contributed by atoms with Crippen LogP contribution in [0.2, 0.25) is 0 Å². The summed E-state index contributed by atoms with van der Waals surface area (Å²) in [6.07, 6.45) is 1.78. The molecule has 2 aromatic heterocycles. The van der Waals surface area contributed by atoms with Crippen molar-refractivity contribution < 1.29 is 9.47 Å². The number of hydrogen-bond acceptors (Lipinski definition) is 6. The van der Waals surface area contributed by atoms with E-state index in [0.29, 0.717) is 36.3 Å². The van der Waals surface area contributed by atoms with Crippen molar-refractivity contribution in [1.82, 2.24) is 15.0 Å². The number of ether oxygens (including phenoxy) is 2. The lowest BCUT2D eigenvalue weighted by molar-refractivity contribution is 0.132. The molecule has 1 aliphatic heterocycles. The lowest BCUT2D eigenvalue weighted by Crippen LogP contribution is -2.15. The molecule has 0 spiro atoms. The summed E-state index contributed by atoms with van der Waals surface area (Å²) in [7, 11) is 1.65. The average Bonchev–Trinajstić information content (AvgIpc) is 2.96. The highest BCUT2D eigenvalue weighted by atomic mass is 32.2. The van der Waals surface area contributed by atoms with Gasteiger partial charge in [-0.25, -0.2) is 4.98 Å². The molecule has 0 aromatic carbocycles. The van der Waals surface area contributed by atoms with E-state index < -0.39 is 0 Å². The van der Waals surface area contributed by atoms with Gasteiger partial charge in [-0.1, -0.05) is 11.8 Å². The fourth-order valence-corrected chi connectivity index (χ4v) is 3.37. The molecule has 1 aliphatic rings. The van der Waals surface area contributed by atoms with Crippen molar-refractivity contribution in [3.8, 4) is 0 Å². The number of nitrogens with zero attached hydrogens (tertiary/aromatic N) is 2. The zero-order valence-electron chi connectivity index (χ0n) is 12.5. The van der Waals surface area contributed by atoms with E-state index in [2.05, 4.69) is 15.0 Å². The van der Waals surface area contributed by atoms with E-state index >= 15 is 0 Å². The molecule has 0 saturated heterocycles. The minimum atomic E-state index is -0.106. The lowest BCUT2D eigenvalue weighted by atomic mass is 10.1. The Bertz CT molecular complexity index is 745. The van der Waals surface area contributed by atoms with Crippen LogP contribution in [0, 0.1) is 6.92 Å². The molecule has 0 aliphatic carbocycles. The molecule has 0 fully saturated rings. The molecule has 6 nitrogen and oxygen atoms in total. The first-order chi connectivity index (χ1) is 10.7. The van der Waals surface area contributed by atoms with Gasteiger partial charge in [0.1, 0.15) is 0 Å². The number of aromatic nitrogens is 3. The maximum atomic E-state index is 12.0. The summed E-state index contributed by atoms with van der Waals surface area (Å²) in [5.74, 6) is 0.681. The molecular weight excluding hydrogens is 302 g/mol. The Morgan fingerprint density at radius 3 is 3.14 bits per heavy atom. The van der Waals surface area contributed by atoms with Gasteiger partial charge in [-0.05, 0) is 24.1 Å². The summed E-state index contributed by atoms with van der Waals surface area (Å²) >= 11 is 1.49. The molecule has 0 saturated carbocycles. The van der Waals surface area contributed by atoms with Gasteiger partial charge in [0.05, 0.1) is 36.8 Å². The smallest absolute Gasteiger partial charge is 0.257 e. The molecule has 7 heteroatoms. The zero-order chi connectivity index (χ0) is 15.5. The van der Waals surface area contributed by atoms with Gasteiger partial charge in [0, 0.05) is 19.1 Å². The van der Waals surface area contributed by atoms with Crippen LogP contribution in [-0.4, -0.2) is 22.1 Å². The SMILES string of the molecule is COCc1nccc(C)c1CSc1nc2c(c(=O)[nH]1)COC2. The van der Waals surface area contributed by atoms with Gasteiger partial charge in [0.25, 0.3) is 5.56 Å². The van der Waals surface area contributed by atoms with Gasteiger partial charge in [-0.15, -0.1) is 0 Å². The van der Waals surface area contributed by atoms with Crippen LogP contribution in [0.4, 0.5) is 0 Å². The van der Waals surface area contributed by atoms with Crippen molar-refractivity contribution in [3.63, 3.8) is 0 Å². The quantitative estimate of drug-likeness (QED) is 0.670. The number of pyridine rings is 1. The van der Waals surface area contributed by atoms with Crippen LogP contribution in [0.3, 0.4) is 0 Å². The summed E-state index contributed by atoms with van der Waals surface area (Å²) in [6, 6.07) is 1.97. The van der Waals surface area contributed by atoms with E-state index in [4.69, 9.17) is 9.47 Å². The second-order valence-corrected chi connectivity index (χ2v) is 6.03. The Morgan fingerprint density at radius 1 is 1.45 bits per heavy atom. The topological polar surface area (TPSA) is 77.1 Å². The number of nitrogens with one attached hydrogen (secondary N) is 1. The Morgan fingerprint density at radius 2 is 2.32 bits per heavy atom. The molecule has 0 radical (unpaired) electrons. The zero-order valence-corrected chi connectivity index (χ0v) is 13.3. The maximum absolute atomic E-state index is 12.0. The van der Waals surface area contributed by atoms with E-state index in [9.17, 15) is 4.79 Å². The number of fused-ring (bicyclic) bond motifs is 1. The predicted molar refractivity (Wildman–Crippen MR) is 82.6 cm³/mol. The van der Waals surface area contributed by atoms with Crippen molar-refractivity contribution in [3.05, 3.63) is 50.7 Å². The monoisotopic (exact) mass is 319 g/mol. The minimum Gasteiger partial charge on any atom is -0.378 e. The Hall–Kier alpha value is -1.70. The van der Waals surface area contributed by atoms with Crippen molar-refractivity contribution in [2.24, 2.45) is 0 Å². The molecule has 0 unspecified atom stereocenters. The van der Waals surface area contributed by atoms with Crippen molar-refractivity contribution >= 4 is 11.8 Å². The summed E-state index contributed by atoms with van der Waals surface area (Å²) in [5.41, 5.74) is 4.47. The van der Waals surface area contributed by atoms with Gasteiger partial charge in [0.2, 0.25) is 0 Å². The predicted octanol–water partition coefficient (Wildman–Crippen LogP) is 1.94. The normalized spacial score (nSPS) is 13.4. The summed E-state index contributed by atoms with van der Waals surface area (Å²) in [5, 5.41) is 0.612. The molecule has 0 atom stereocenters. The van der Waals surface area contributed by atoms with Crippen LogP contribution < -0.4 is 5.56 Å². The number of aryl methyl sites for hydroxylation is 1. The van der Waals surface area contributed by atoms with Crippen LogP contribution in [0.1, 0.15) is 28.1 Å². The van der Waals surface area contributed by atoms with Crippen molar-refractivity contribution in [1.29, 1.82) is 0 Å². The molecule has 2 aromatic rings. The first kappa shape index (κ1) is 15.2. The second kappa shape index (κ2) is 6.60. The van der Waals surface area contributed by atoms with E-state index in [1.165, 1.54) is 11.8 Å². The van der Waals surface area contributed by atoms with Crippen LogP contribution >= 0.6 is 11.8 Å². The highest BCUT2D eigenvalue weighted by Gasteiger charge is 2.18. The summed E-state index contributed by atoms with van der Waals surface area (Å²) in [6.45, 7) is 3.28. The molecule has 3 rings (SSSR count). The Balaban J connectivity index is 1.81. The maximum Gasteiger partial charge on any atom is 0.257 e. The minimum absolute atomic E-state index is 0.106. The van der Waals surface area contributed by atoms with E-state index in [1.54, 1.807) is 13.3 Å². The largest absolute Gasteiger partial charge is 0.378 e. The molecular formula is C15H17N3O3S. The summed E-state index contributed by atoms with van der Waals surface area (Å²) < 4.78 is 10.5. The van der Waals surface area contributed by atoms with Crippen LogP contribution in [0.25, 0.3) is 0 Å². The highest BCUT2D eigenvalue weighted by Crippen LogP contribution is 2.24. The van der Waals surface area contributed by atoms with Crippen LogP contribution in [-0.2, 0) is 35.0 Å². The van der Waals surface area contributed by atoms with Crippen molar-refractivity contribution in [2.45, 2.75) is 37.7 Å². The number of H-pyrrole nitrogens is 1. The van der Waals surface area contributed by atoms with Crippen molar-refractivity contribution in [2.75, 3.05) is 7.11 Å². The number of aromatic amines is 1. The third-order valence-corrected chi connectivity index (χ3v) is 4.48. The molecule has 0 bridgehead atoms. The Kier molecular flexibility index (Phi) is 4.56. The first-order valence-corrected chi connectivity index (χ1v) is 7.92.